The van der Waals surface area contributed by atoms with E-state index >= 15 is 0 Å². The van der Waals surface area contributed by atoms with E-state index in [1.165, 1.54) is 25.7 Å². The van der Waals surface area contributed by atoms with Crippen LogP contribution in [0.3, 0.4) is 0 Å². The lowest BCUT2D eigenvalue weighted by Gasteiger charge is -2.30. The Kier molecular flexibility index (Phi) is 28.6. The van der Waals surface area contributed by atoms with Crippen molar-refractivity contribution in [2.24, 2.45) is 0 Å². The highest BCUT2D eigenvalue weighted by molar-refractivity contribution is 7.45. The maximum absolute atomic E-state index is 12.7. The van der Waals surface area contributed by atoms with Crippen LogP contribution in [0, 0.1) is 0 Å². The molecule has 0 heterocycles. The van der Waals surface area contributed by atoms with E-state index in [9.17, 15) is 19.4 Å². The summed E-state index contributed by atoms with van der Waals surface area (Å²) in [5, 5.41) is 13.7. The quantitative estimate of drug-likeness (QED) is 0.0333. The number of amides is 1. The van der Waals surface area contributed by atoms with Gasteiger partial charge in [-0.25, -0.2) is 0 Å². The molecule has 46 heavy (non-hydrogen) atoms. The number of nitrogens with zero attached hydrogens (tertiary/aromatic N) is 1. The molecule has 0 aromatic carbocycles. The summed E-state index contributed by atoms with van der Waals surface area (Å²) in [6.07, 6.45) is 34.1. The number of unbranched alkanes of at least 4 members (excludes halogenated alkanes) is 10. The number of rotatable bonds is 31. The van der Waals surface area contributed by atoms with Gasteiger partial charge < -0.3 is 28.8 Å². The van der Waals surface area contributed by atoms with E-state index in [2.05, 4.69) is 67.8 Å². The number of allylic oxidation sites excluding steroid dienone is 8. The summed E-state index contributed by atoms with van der Waals surface area (Å²) in [6.45, 7) is 4.49. The van der Waals surface area contributed by atoms with Crippen molar-refractivity contribution in [1.82, 2.24) is 5.32 Å². The van der Waals surface area contributed by atoms with Crippen LogP contribution in [0.4, 0.5) is 0 Å². The molecule has 0 fully saturated rings. The predicted octanol–water partition coefficient (Wildman–Crippen LogP) is 8.33. The smallest absolute Gasteiger partial charge is 0.268 e. The van der Waals surface area contributed by atoms with Gasteiger partial charge in [0.1, 0.15) is 13.2 Å². The van der Waals surface area contributed by atoms with Gasteiger partial charge >= 0.3 is 0 Å². The Hall–Kier alpha value is -1.54. The lowest BCUT2D eigenvalue weighted by atomic mass is 10.0. The standard InChI is InChI=1S/C37H69N2O6P/c1-6-8-10-12-14-15-16-17-18-19-20-21-22-23-25-27-29-31-37(41)38-35(36(40)30-28-26-24-13-11-9-7-2)34-45-46(42,43)44-33-32-39(3,4)5/h8,10,14-15,17-18,20-21,35-36,40H,6-7,9,11-13,16,19,22-34H2,1-5H3,(H-,38,41,42,43)/b10-8-,15-14-,18-17-,21-20-. The number of aliphatic hydroxyl groups excluding tert-OH is 1. The zero-order chi connectivity index (χ0) is 34.4. The molecule has 0 aromatic rings. The van der Waals surface area contributed by atoms with Crippen LogP contribution < -0.4 is 10.2 Å². The van der Waals surface area contributed by atoms with Crippen molar-refractivity contribution < 1.29 is 32.9 Å². The van der Waals surface area contributed by atoms with Crippen LogP contribution in [0.25, 0.3) is 0 Å². The first-order chi connectivity index (χ1) is 22.0. The van der Waals surface area contributed by atoms with E-state index < -0.39 is 20.0 Å². The second-order valence-electron chi connectivity index (χ2n) is 13.2. The SMILES string of the molecule is CC/C=C\C/C=C\C/C=C\C/C=C\CCCCCCC(=O)NC(COP(=O)([O-])OCC[N+](C)(C)C)C(O)CCCCCCCCC. The van der Waals surface area contributed by atoms with Crippen LogP contribution in [-0.4, -0.2) is 68.5 Å². The third-order valence-corrected chi connectivity index (χ3v) is 8.55. The van der Waals surface area contributed by atoms with E-state index in [1.54, 1.807) is 0 Å². The largest absolute Gasteiger partial charge is 0.756 e. The van der Waals surface area contributed by atoms with Gasteiger partial charge in [-0.05, 0) is 51.4 Å². The summed E-state index contributed by atoms with van der Waals surface area (Å²) < 4.78 is 23.0. The van der Waals surface area contributed by atoms with Gasteiger partial charge in [-0.1, -0.05) is 120 Å². The van der Waals surface area contributed by atoms with Crippen LogP contribution in [-0.2, 0) is 18.4 Å². The summed E-state index contributed by atoms with van der Waals surface area (Å²) in [7, 11) is 1.27. The normalized spacial score (nSPS) is 15.4. The van der Waals surface area contributed by atoms with Gasteiger partial charge in [0.2, 0.25) is 5.91 Å². The number of nitrogens with one attached hydrogen (secondary N) is 1. The molecule has 8 nitrogen and oxygen atoms in total. The number of carbonyl (C=O) groups is 1. The minimum absolute atomic E-state index is 0.00414. The molecule has 0 aliphatic heterocycles. The van der Waals surface area contributed by atoms with Crippen LogP contribution in [0.1, 0.15) is 129 Å². The summed E-state index contributed by atoms with van der Waals surface area (Å²) in [5.41, 5.74) is 0. The molecule has 0 bridgehead atoms. The molecule has 3 atom stereocenters. The lowest BCUT2D eigenvalue weighted by molar-refractivity contribution is -0.870. The number of aliphatic hydroxyl groups is 1. The average molecular weight is 669 g/mol. The van der Waals surface area contributed by atoms with E-state index in [4.69, 9.17) is 9.05 Å². The van der Waals surface area contributed by atoms with Gasteiger partial charge in [-0.15, -0.1) is 0 Å². The van der Waals surface area contributed by atoms with Gasteiger partial charge in [-0.3, -0.25) is 9.36 Å². The first-order valence-electron chi connectivity index (χ1n) is 18.0. The van der Waals surface area contributed by atoms with Crippen molar-refractivity contribution in [1.29, 1.82) is 0 Å². The first kappa shape index (κ1) is 44.5. The number of phosphoric acid groups is 1. The van der Waals surface area contributed by atoms with Crippen molar-refractivity contribution in [2.45, 2.75) is 142 Å². The zero-order valence-electron chi connectivity index (χ0n) is 30.0. The van der Waals surface area contributed by atoms with E-state index in [1.807, 2.05) is 21.1 Å². The Morgan fingerprint density at radius 3 is 1.93 bits per heavy atom. The van der Waals surface area contributed by atoms with Crippen LogP contribution in [0.2, 0.25) is 0 Å². The number of hydrogen-bond donors (Lipinski definition) is 2. The minimum atomic E-state index is -4.56. The predicted molar refractivity (Wildman–Crippen MR) is 191 cm³/mol. The Bertz CT molecular complexity index is 897. The van der Waals surface area contributed by atoms with Gasteiger partial charge in [0.15, 0.2) is 0 Å². The fourth-order valence-corrected chi connectivity index (χ4v) is 5.40. The van der Waals surface area contributed by atoms with Crippen molar-refractivity contribution in [2.75, 3.05) is 40.9 Å². The van der Waals surface area contributed by atoms with Crippen molar-refractivity contribution in [3.63, 3.8) is 0 Å². The molecule has 0 radical (unpaired) electrons. The molecule has 0 aliphatic carbocycles. The number of hydrogen-bond acceptors (Lipinski definition) is 6. The summed E-state index contributed by atoms with van der Waals surface area (Å²) in [4.78, 5) is 25.0. The Morgan fingerprint density at radius 2 is 1.33 bits per heavy atom. The molecular formula is C37H69N2O6P. The maximum atomic E-state index is 12.7. The van der Waals surface area contributed by atoms with E-state index in [-0.39, 0.29) is 19.1 Å². The van der Waals surface area contributed by atoms with Gasteiger partial charge in [0.25, 0.3) is 7.82 Å². The fraction of sp³-hybridized carbons (Fsp3) is 0.757. The van der Waals surface area contributed by atoms with Gasteiger partial charge in [0, 0.05) is 6.42 Å². The fourth-order valence-electron chi connectivity index (χ4n) is 4.67. The number of likely N-dealkylation sites (N-methyl/N-ethyl adjacent to an activating group) is 1. The third kappa shape index (κ3) is 31.1. The second-order valence-corrected chi connectivity index (χ2v) is 14.6. The molecule has 0 saturated carbocycles. The van der Waals surface area contributed by atoms with E-state index in [0.29, 0.717) is 23.9 Å². The summed E-state index contributed by atoms with van der Waals surface area (Å²) in [6, 6.07) is -0.810. The summed E-state index contributed by atoms with van der Waals surface area (Å²) in [5.74, 6) is -0.196. The average Bonchev–Trinajstić information content (AvgIpc) is 2.99. The molecule has 2 N–H and O–H groups in total. The van der Waals surface area contributed by atoms with Crippen LogP contribution in [0.15, 0.2) is 48.6 Å². The lowest BCUT2D eigenvalue weighted by Crippen LogP contribution is -2.46. The monoisotopic (exact) mass is 668 g/mol. The molecular weight excluding hydrogens is 599 g/mol. The molecule has 0 spiro atoms. The van der Waals surface area contributed by atoms with Gasteiger partial charge in [0.05, 0.1) is 39.9 Å². The van der Waals surface area contributed by atoms with E-state index in [0.717, 1.165) is 77.0 Å². The third-order valence-electron chi connectivity index (χ3n) is 7.58. The van der Waals surface area contributed by atoms with Gasteiger partial charge in [-0.2, -0.15) is 0 Å². The van der Waals surface area contributed by atoms with Crippen molar-refractivity contribution in [3.8, 4) is 0 Å². The second kappa shape index (κ2) is 29.6. The molecule has 268 valence electrons. The molecule has 1 amide bonds. The topological polar surface area (TPSA) is 108 Å². The Balaban J connectivity index is 4.45. The maximum Gasteiger partial charge on any atom is 0.268 e. The molecule has 0 rings (SSSR count). The highest BCUT2D eigenvalue weighted by Gasteiger charge is 2.24. The summed E-state index contributed by atoms with van der Waals surface area (Å²) >= 11 is 0. The van der Waals surface area contributed by atoms with Crippen LogP contribution in [0.5, 0.6) is 0 Å². The number of phosphoric ester groups is 1. The molecule has 0 aromatic heterocycles. The highest BCUT2D eigenvalue weighted by atomic mass is 31.2. The first-order valence-corrected chi connectivity index (χ1v) is 19.4. The Labute approximate surface area is 282 Å². The molecule has 0 aliphatic rings. The van der Waals surface area contributed by atoms with Crippen molar-refractivity contribution >= 4 is 13.7 Å². The minimum Gasteiger partial charge on any atom is -0.756 e. The Morgan fingerprint density at radius 1 is 0.783 bits per heavy atom. The highest BCUT2D eigenvalue weighted by Crippen LogP contribution is 2.38. The number of quaternary nitrogens is 1. The van der Waals surface area contributed by atoms with Crippen molar-refractivity contribution in [3.05, 3.63) is 48.6 Å². The zero-order valence-corrected chi connectivity index (χ0v) is 30.9. The molecule has 0 saturated heterocycles. The molecule has 9 heteroatoms. The number of carbonyl (C=O) groups excluding carboxylic acids is 1. The molecule has 3 unspecified atom stereocenters. The van der Waals surface area contributed by atoms with Crippen LogP contribution >= 0.6 is 7.82 Å².